The van der Waals surface area contributed by atoms with Crippen molar-refractivity contribution in [3.05, 3.63) is 35.5 Å². The average molecular weight is 226 g/mol. The lowest BCUT2D eigenvalue weighted by atomic mass is 9.97. The van der Waals surface area contributed by atoms with E-state index in [-0.39, 0.29) is 0 Å². The van der Waals surface area contributed by atoms with Gasteiger partial charge in [0.1, 0.15) is 0 Å². The molecular formula is C15H18N2. The van der Waals surface area contributed by atoms with Crippen molar-refractivity contribution >= 4 is 16.6 Å². The van der Waals surface area contributed by atoms with Gasteiger partial charge >= 0.3 is 0 Å². The van der Waals surface area contributed by atoms with E-state index in [1.54, 1.807) is 0 Å². The van der Waals surface area contributed by atoms with Gasteiger partial charge in [0.25, 0.3) is 0 Å². The number of para-hydroxylation sites is 1. The lowest BCUT2D eigenvalue weighted by molar-refractivity contribution is 0.679. The van der Waals surface area contributed by atoms with Crippen molar-refractivity contribution in [3.8, 4) is 0 Å². The number of aromatic nitrogens is 1. The van der Waals surface area contributed by atoms with E-state index < -0.39 is 0 Å². The largest absolute Gasteiger partial charge is 0.353 e. The summed E-state index contributed by atoms with van der Waals surface area (Å²) in [6, 6.07) is 8.57. The molecule has 0 saturated carbocycles. The van der Waals surface area contributed by atoms with Crippen molar-refractivity contribution < 1.29 is 0 Å². The molecule has 0 bridgehead atoms. The van der Waals surface area contributed by atoms with Crippen molar-refractivity contribution in [2.45, 2.75) is 26.7 Å². The molecule has 2 heterocycles. The van der Waals surface area contributed by atoms with Crippen LogP contribution in [-0.4, -0.2) is 17.2 Å². The Labute approximate surface area is 102 Å². The highest BCUT2D eigenvalue weighted by molar-refractivity contribution is 6.06. The van der Waals surface area contributed by atoms with Crippen molar-refractivity contribution in [1.82, 2.24) is 4.98 Å². The highest BCUT2D eigenvalue weighted by Crippen LogP contribution is 2.27. The second kappa shape index (κ2) is 4.02. The number of aromatic amines is 1. The van der Waals surface area contributed by atoms with Gasteiger partial charge in [-0.2, -0.15) is 0 Å². The van der Waals surface area contributed by atoms with E-state index in [1.165, 1.54) is 27.9 Å². The molecule has 0 radical (unpaired) electrons. The van der Waals surface area contributed by atoms with Crippen LogP contribution in [0.5, 0.6) is 0 Å². The number of fused-ring (bicyclic) bond motifs is 3. The predicted molar refractivity (Wildman–Crippen MR) is 72.9 cm³/mol. The zero-order chi connectivity index (χ0) is 11.8. The summed E-state index contributed by atoms with van der Waals surface area (Å²) in [7, 11) is 0. The first kappa shape index (κ1) is 10.6. The lowest BCUT2D eigenvalue weighted by Crippen LogP contribution is -2.14. The predicted octanol–water partition coefficient (Wildman–Crippen LogP) is 3.56. The number of nitrogens with zero attached hydrogens (tertiary/aromatic N) is 1. The first-order valence-corrected chi connectivity index (χ1v) is 6.39. The van der Waals surface area contributed by atoms with Gasteiger partial charge in [-0.15, -0.1) is 0 Å². The van der Waals surface area contributed by atoms with Crippen LogP contribution in [-0.2, 0) is 6.42 Å². The Bertz CT molecular complexity index is 576. The maximum absolute atomic E-state index is 4.69. The Morgan fingerprint density at radius 1 is 1.29 bits per heavy atom. The molecule has 1 aliphatic heterocycles. The summed E-state index contributed by atoms with van der Waals surface area (Å²) in [6.07, 6.45) is 2.14. The average Bonchev–Trinajstić information content (AvgIpc) is 2.68. The van der Waals surface area contributed by atoms with Gasteiger partial charge in [0.05, 0.1) is 11.4 Å². The summed E-state index contributed by atoms with van der Waals surface area (Å²) < 4.78 is 0. The molecule has 0 spiro atoms. The molecule has 0 saturated heterocycles. The van der Waals surface area contributed by atoms with E-state index in [4.69, 9.17) is 4.99 Å². The third-order valence-electron chi connectivity index (χ3n) is 3.37. The van der Waals surface area contributed by atoms with Crippen LogP contribution >= 0.6 is 0 Å². The van der Waals surface area contributed by atoms with Crippen LogP contribution in [0.2, 0.25) is 0 Å². The number of H-pyrrole nitrogens is 1. The Hall–Kier alpha value is -1.57. The van der Waals surface area contributed by atoms with E-state index in [0.717, 1.165) is 19.4 Å². The number of hydrogen-bond acceptors (Lipinski definition) is 1. The van der Waals surface area contributed by atoms with Crippen LogP contribution in [0.1, 0.15) is 31.5 Å². The number of aliphatic imine (C=N–C) groups is 1. The minimum absolute atomic E-state index is 0.658. The second-order valence-corrected chi connectivity index (χ2v) is 5.20. The monoisotopic (exact) mass is 226 g/mol. The number of nitrogens with one attached hydrogen (secondary N) is 1. The molecule has 2 nitrogen and oxygen atoms in total. The quantitative estimate of drug-likeness (QED) is 0.811. The molecule has 1 aliphatic rings. The molecule has 3 rings (SSSR count). The van der Waals surface area contributed by atoms with Crippen LogP contribution in [0.4, 0.5) is 0 Å². The third kappa shape index (κ3) is 1.78. The number of benzene rings is 1. The van der Waals surface area contributed by atoms with Crippen molar-refractivity contribution in [3.63, 3.8) is 0 Å². The molecule has 0 unspecified atom stereocenters. The molecule has 2 aromatic rings. The molecule has 0 aliphatic carbocycles. The zero-order valence-electron chi connectivity index (χ0n) is 10.5. The first-order chi connectivity index (χ1) is 8.25. The van der Waals surface area contributed by atoms with Gasteiger partial charge in [-0.1, -0.05) is 32.0 Å². The summed E-state index contributed by atoms with van der Waals surface area (Å²) in [5.74, 6) is 0.658. The van der Waals surface area contributed by atoms with E-state index in [9.17, 15) is 0 Å². The third-order valence-corrected chi connectivity index (χ3v) is 3.37. The summed E-state index contributed by atoms with van der Waals surface area (Å²) in [5, 5.41) is 1.37. The van der Waals surface area contributed by atoms with Crippen molar-refractivity contribution in [2.75, 3.05) is 6.54 Å². The van der Waals surface area contributed by atoms with E-state index >= 15 is 0 Å². The lowest BCUT2D eigenvalue weighted by Gasteiger charge is -2.14. The van der Waals surface area contributed by atoms with E-state index in [2.05, 4.69) is 43.1 Å². The van der Waals surface area contributed by atoms with Crippen LogP contribution in [0.3, 0.4) is 0 Å². The molecule has 1 N–H and O–H groups in total. The highest BCUT2D eigenvalue weighted by Gasteiger charge is 2.19. The molecule has 88 valence electrons. The fourth-order valence-electron chi connectivity index (χ4n) is 2.64. The van der Waals surface area contributed by atoms with Gasteiger partial charge in [0, 0.05) is 17.4 Å². The fraction of sp³-hybridized carbons (Fsp3) is 0.400. The standard InChI is InChI=1S/C15H18N2/c1-10(2)9-14-15-12(7-8-16-14)11-5-3-4-6-13(11)17-15/h3-6,10,17H,7-9H2,1-2H3. The van der Waals surface area contributed by atoms with Crippen molar-refractivity contribution in [1.29, 1.82) is 0 Å². The van der Waals surface area contributed by atoms with Gasteiger partial charge in [-0.05, 0) is 30.4 Å². The smallest absolute Gasteiger partial charge is 0.0638 e. The molecule has 1 aromatic heterocycles. The van der Waals surface area contributed by atoms with Gasteiger partial charge in [0.15, 0.2) is 0 Å². The first-order valence-electron chi connectivity index (χ1n) is 6.39. The molecule has 17 heavy (non-hydrogen) atoms. The van der Waals surface area contributed by atoms with Gasteiger partial charge in [-0.25, -0.2) is 0 Å². The van der Waals surface area contributed by atoms with Gasteiger partial charge in [0.2, 0.25) is 0 Å². The van der Waals surface area contributed by atoms with Crippen LogP contribution in [0.25, 0.3) is 10.9 Å². The number of hydrogen-bond donors (Lipinski definition) is 1. The topological polar surface area (TPSA) is 28.1 Å². The summed E-state index contributed by atoms with van der Waals surface area (Å²) >= 11 is 0. The zero-order valence-corrected chi connectivity index (χ0v) is 10.5. The van der Waals surface area contributed by atoms with Crippen LogP contribution in [0, 0.1) is 5.92 Å². The maximum atomic E-state index is 4.69. The van der Waals surface area contributed by atoms with Gasteiger partial charge in [-0.3, -0.25) is 4.99 Å². The van der Waals surface area contributed by atoms with Crippen LogP contribution < -0.4 is 0 Å². The molecule has 1 aromatic carbocycles. The minimum Gasteiger partial charge on any atom is -0.353 e. The molecular weight excluding hydrogens is 208 g/mol. The molecule has 0 fully saturated rings. The highest BCUT2D eigenvalue weighted by atomic mass is 14.8. The Morgan fingerprint density at radius 2 is 2.12 bits per heavy atom. The second-order valence-electron chi connectivity index (χ2n) is 5.20. The summed E-state index contributed by atoms with van der Waals surface area (Å²) in [5.41, 5.74) is 5.26. The SMILES string of the molecule is CC(C)CC1=NCCc2c1[nH]c1ccccc21. The van der Waals surface area contributed by atoms with E-state index in [0.29, 0.717) is 5.92 Å². The minimum atomic E-state index is 0.658. The summed E-state index contributed by atoms with van der Waals surface area (Å²) in [6.45, 7) is 5.44. The van der Waals surface area contributed by atoms with Gasteiger partial charge < -0.3 is 4.98 Å². The van der Waals surface area contributed by atoms with Crippen LogP contribution in [0.15, 0.2) is 29.3 Å². The Kier molecular flexibility index (Phi) is 2.50. The Balaban J connectivity index is 2.13. The molecule has 0 atom stereocenters. The number of rotatable bonds is 2. The Morgan fingerprint density at radius 3 is 2.94 bits per heavy atom. The summed E-state index contributed by atoms with van der Waals surface area (Å²) in [4.78, 5) is 8.23. The normalized spacial score (nSPS) is 15.1. The maximum Gasteiger partial charge on any atom is 0.0638 e. The molecule has 2 heteroatoms. The molecule has 0 amide bonds. The van der Waals surface area contributed by atoms with E-state index in [1.807, 2.05) is 0 Å². The fourth-order valence-corrected chi connectivity index (χ4v) is 2.64. The van der Waals surface area contributed by atoms with Crippen molar-refractivity contribution in [2.24, 2.45) is 10.9 Å².